The number of amides is 1. The van der Waals surface area contributed by atoms with Gasteiger partial charge >= 0.3 is 6.18 Å². The van der Waals surface area contributed by atoms with E-state index in [2.05, 4.69) is 20.4 Å². The second-order valence-electron chi connectivity index (χ2n) is 7.96. The smallest absolute Gasteiger partial charge is 0.347 e. The van der Waals surface area contributed by atoms with E-state index >= 15 is 0 Å². The lowest BCUT2D eigenvalue weighted by Gasteiger charge is -2.27. The summed E-state index contributed by atoms with van der Waals surface area (Å²) in [5, 5.41) is 9.56. The van der Waals surface area contributed by atoms with Crippen molar-refractivity contribution in [3.63, 3.8) is 0 Å². The molecular formula is C22H20F3N7O. The highest BCUT2D eigenvalue weighted by Gasteiger charge is 2.27. The Morgan fingerprint density at radius 1 is 1.12 bits per heavy atom. The fraction of sp³-hybridized carbons (Fsp3) is 0.273. The minimum absolute atomic E-state index is 0.196. The van der Waals surface area contributed by atoms with Crippen LogP contribution in [0.15, 0.2) is 55.4 Å². The maximum Gasteiger partial charge on any atom is 0.405 e. The highest BCUT2D eigenvalue weighted by Crippen LogP contribution is 2.26. The van der Waals surface area contributed by atoms with Crippen molar-refractivity contribution in [2.24, 2.45) is 0 Å². The molecule has 11 heteroatoms. The lowest BCUT2D eigenvalue weighted by molar-refractivity contribution is -0.138. The van der Waals surface area contributed by atoms with Crippen LogP contribution in [0.3, 0.4) is 0 Å². The first-order valence-electron chi connectivity index (χ1n) is 10.4. The summed E-state index contributed by atoms with van der Waals surface area (Å²) in [6.45, 7) is 0.479. The van der Waals surface area contributed by atoms with Gasteiger partial charge in [0.05, 0.1) is 30.6 Å². The summed E-state index contributed by atoms with van der Waals surface area (Å²) in [5.41, 5.74) is 4.71. The van der Waals surface area contributed by atoms with Crippen LogP contribution in [0.4, 0.5) is 13.2 Å². The molecule has 1 fully saturated rings. The SMILES string of the molecule is O=C(Cc1cncc(-c2cnc3cc(-c4cnn(C5CNC5)c4)ccn23)c1)NCC(F)(F)F. The van der Waals surface area contributed by atoms with Crippen LogP contribution < -0.4 is 10.6 Å². The van der Waals surface area contributed by atoms with Crippen LogP contribution in [0.25, 0.3) is 28.0 Å². The van der Waals surface area contributed by atoms with Crippen LogP contribution in [-0.2, 0) is 11.2 Å². The van der Waals surface area contributed by atoms with Gasteiger partial charge in [-0.2, -0.15) is 18.3 Å². The van der Waals surface area contributed by atoms with E-state index in [-0.39, 0.29) is 6.42 Å². The minimum Gasteiger partial charge on any atom is -0.347 e. The van der Waals surface area contributed by atoms with E-state index in [1.54, 1.807) is 18.5 Å². The van der Waals surface area contributed by atoms with Crippen LogP contribution in [0.1, 0.15) is 11.6 Å². The van der Waals surface area contributed by atoms with Crippen molar-refractivity contribution in [3.8, 4) is 22.4 Å². The molecule has 0 aromatic carbocycles. The van der Waals surface area contributed by atoms with Crippen molar-refractivity contribution in [3.05, 3.63) is 60.9 Å². The van der Waals surface area contributed by atoms with Crippen LogP contribution in [0.2, 0.25) is 0 Å². The summed E-state index contributed by atoms with van der Waals surface area (Å²) in [4.78, 5) is 20.5. The van der Waals surface area contributed by atoms with Gasteiger partial charge in [0.2, 0.25) is 5.91 Å². The number of aromatic nitrogens is 5. The Morgan fingerprint density at radius 3 is 2.73 bits per heavy atom. The Bertz CT molecular complexity index is 1310. The van der Waals surface area contributed by atoms with E-state index in [0.717, 1.165) is 35.6 Å². The molecule has 0 spiro atoms. The van der Waals surface area contributed by atoms with E-state index in [0.29, 0.717) is 17.2 Å². The Balaban J connectivity index is 1.35. The van der Waals surface area contributed by atoms with Gasteiger partial charge < -0.3 is 10.6 Å². The van der Waals surface area contributed by atoms with Crippen LogP contribution >= 0.6 is 0 Å². The number of alkyl halides is 3. The molecule has 33 heavy (non-hydrogen) atoms. The average molecular weight is 455 g/mol. The van der Waals surface area contributed by atoms with Crippen molar-refractivity contribution in [2.75, 3.05) is 19.6 Å². The predicted molar refractivity (Wildman–Crippen MR) is 114 cm³/mol. The first kappa shape index (κ1) is 21.1. The second kappa shape index (κ2) is 8.32. The van der Waals surface area contributed by atoms with Gasteiger partial charge in [0.15, 0.2) is 0 Å². The fourth-order valence-electron chi connectivity index (χ4n) is 3.69. The van der Waals surface area contributed by atoms with E-state index in [1.165, 1.54) is 6.20 Å². The topological polar surface area (TPSA) is 89.1 Å². The number of imidazole rings is 1. The Kier molecular flexibility index (Phi) is 5.33. The summed E-state index contributed by atoms with van der Waals surface area (Å²) >= 11 is 0. The van der Waals surface area contributed by atoms with Crippen molar-refractivity contribution in [1.82, 2.24) is 34.8 Å². The van der Waals surface area contributed by atoms with E-state index < -0.39 is 18.6 Å². The Morgan fingerprint density at radius 2 is 1.97 bits per heavy atom. The van der Waals surface area contributed by atoms with Crippen molar-refractivity contribution in [1.29, 1.82) is 0 Å². The molecule has 2 N–H and O–H groups in total. The number of nitrogens with zero attached hydrogens (tertiary/aromatic N) is 5. The summed E-state index contributed by atoms with van der Waals surface area (Å²) < 4.78 is 40.8. The number of carbonyl (C=O) groups excluding carboxylic acids is 1. The number of halogens is 3. The first-order chi connectivity index (χ1) is 15.9. The molecule has 5 heterocycles. The summed E-state index contributed by atoms with van der Waals surface area (Å²) in [6, 6.07) is 6.05. The zero-order chi connectivity index (χ0) is 23.0. The molecule has 0 unspecified atom stereocenters. The number of nitrogens with one attached hydrogen (secondary N) is 2. The maximum absolute atomic E-state index is 12.3. The van der Waals surface area contributed by atoms with E-state index in [9.17, 15) is 18.0 Å². The molecule has 1 saturated heterocycles. The van der Waals surface area contributed by atoms with Gasteiger partial charge in [-0.1, -0.05) is 0 Å². The summed E-state index contributed by atoms with van der Waals surface area (Å²) in [5.74, 6) is -0.715. The molecule has 1 aliphatic rings. The molecule has 0 bridgehead atoms. The van der Waals surface area contributed by atoms with Crippen LogP contribution in [0.5, 0.6) is 0 Å². The number of hydrogen-bond donors (Lipinski definition) is 2. The first-order valence-corrected chi connectivity index (χ1v) is 10.4. The minimum atomic E-state index is -4.45. The molecule has 8 nitrogen and oxygen atoms in total. The molecule has 1 aliphatic heterocycles. The quantitative estimate of drug-likeness (QED) is 0.467. The summed E-state index contributed by atoms with van der Waals surface area (Å²) in [6.07, 6.45) is 5.92. The van der Waals surface area contributed by atoms with Crippen molar-refractivity contribution >= 4 is 11.6 Å². The summed E-state index contributed by atoms with van der Waals surface area (Å²) in [7, 11) is 0. The molecule has 170 valence electrons. The highest BCUT2D eigenvalue weighted by atomic mass is 19.4. The standard InChI is InChI=1S/C22H20F3N7O/c23-22(24,25)13-29-21(33)4-14-3-16(7-26-6-14)19-11-28-20-5-15(1-2-31(19)20)17-8-30-32(12-17)18-9-27-10-18/h1-3,5-8,11-12,18,27H,4,9-10,13H2,(H,29,33). The second-order valence-corrected chi connectivity index (χ2v) is 7.96. The third-order valence-electron chi connectivity index (χ3n) is 5.52. The van der Waals surface area contributed by atoms with Gasteiger partial charge in [-0.05, 0) is 29.3 Å². The monoisotopic (exact) mass is 455 g/mol. The molecule has 1 amide bonds. The number of rotatable bonds is 6. The third-order valence-corrected chi connectivity index (χ3v) is 5.52. The van der Waals surface area contributed by atoms with Crippen LogP contribution in [0, 0.1) is 0 Å². The normalized spacial score (nSPS) is 14.4. The molecule has 0 saturated carbocycles. The van der Waals surface area contributed by atoms with Crippen LogP contribution in [-0.4, -0.2) is 55.9 Å². The molecule has 4 aromatic rings. The third kappa shape index (κ3) is 4.58. The average Bonchev–Trinajstić information content (AvgIpc) is 3.38. The number of fused-ring (bicyclic) bond motifs is 1. The Hall–Kier alpha value is -3.73. The van der Waals surface area contributed by atoms with E-state index in [1.807, 2.05) is 45.1 Å². The fourth-order valence-corrected chi connectivity index (χ4v) is 3.69. The molecule has 0 atom stereocenters. The zero-order valence-corrected chi connectivity index (χ0v) is 17.4. The van der Waals surface area contributed by atoms with Crippen molar-refractivity contribution in [2.45, 2.75) is 18.6 Å². The molecule has 0 aliphatic carbocycles. The lowest BCUT2D eigenvalue weighted by atomic mass is 10.1. The predicted octanol–water partition coefficient (Wildman–Crippen LogP) is 2.63. The molecule has 5 rings (SSSR count). The van der Waals surface area contributed by atoms with Crippen molar-refractivity contribution < 1.29 is 18.0 Å². The maximum atomic E-state index is 12.3. The Labute approximate surface area is 186 Å². The van der Waals surface area contributed by atoms with Gasteiger partial charge in [0.25, 0.3) is 0 Å². The lowest BCUT2D eigenvalue weighted by Crippen LogP contribution is -2.43. The number of carbonyl (C=O) groups is 1. The van der Waals surface area contributed by atoms with Gasteiger partial charge in [0, 0.05) is 49.0 Å². The highest BCUT2D eigenvalue weighted by molar-refractivity contribution is 5.79. The number of pyridine rings is 2. The molecule has 4 aromatic heterocycles. The molecule has 0 radical (unpaired) electrons. The van der Waals surface area contributed by atoms with Gasteiger partial charge in [-0.15, -0.1) is 0 Å². The van der Waals surface area contributed by atoms with Gasteiger partial charge in [-0.3, -0.25) is 18.9 Å². The zero-order valence-electron chi connectivity index (χ0n) is 17.4. The molecular weight excluding hydrogens is 435 g/mol. The van der Waals surface area contributed by atoms with Gasteiger partial charge in [-0.25, -0.2) is 4.98 Å². The van der Waals surface area contributed by atoms with Gasteiger partial charge in [0.1, 0.15) is 12.2 Å². The van der Waals surface area contributed by atoms with E-state index in [4.69, 9.17) is 0 Å². The number of hydrogen-bond acceptors (Lipinski definition) is 5. The largest absolute Gasteiger partial charge is 0.405 e.